The van der Waals surface area contributed by atoms with Crippen molar-refractivity contribution in [1.29, 1.82) is 0 Å². The van der Waals surface area contributed by atoms with Crippen LogP contribution in [0, 0.1) is 0 Å². The monoisotopic (exact) mass is 200 g/mol. The molecular formula is C6H13ClOS2. The molecule has 0 saturated heterocycles. The van der Waals surface area contributed by atoms with Crippen LogP contribution in [-0.2, 0) is 4.74 Å². The number of alkyl halides is 1. The first-order valence-corrected chi connectivity index (χ1v) is 6.32. The number of rotatable bonds is 7. The summed E-state index contributed by atoms with van der Waals surface area (Å²) in [5.74, 6) is 2.83. The Hall–Kier alpha value is 0.950. The smallest absolute Gasteiger partial charge is 0.0564 e. The third-order valence-electron chi connectivity index (χ3n) is 0.759. The first-order valence-electron chi connectivity index (χ1n) is 3.30. The van der Waals surface area contributed by atoms with Crippen molar-refractivity contribution in [3.8, 4) is 0 Å². The molecule has 0 aromatic rings. The molecule has 0 spiro atoms. The van der Waals surface area contributed by atoms with Crippen molar-refractivity contribution in [1.82, 2.24) is 0 Å². The van der Waals surface area contributed by atoms with E-state index in [0.29, 0.717) is 0 Å². The van der Waals surface area contributed by atoms with Crippen LogP contribution in [0.15, 0.2) is 0 Å². The van der Waals surface area contributed by atoms with Crippen LogP contribution in [0.5, 0.6) is 0 Å². The van der Waals surface area contributed by atoms with Gasteiger partial charge in [0, 0.05) is 24.0 Å². The minimum atomic E-state index is 0.742. The topological polar surface area (TPSA) is 9.23 Å². The lowest BCUT2D eigenvalue weighted by atomic mass is 10.8. The van der Waals surface area contributed by atoms with Gasteiger partial charge in [0.1, 0.15) is 0 Å². The standard InChI is InChI=1S/C6H13ClOS2/c1-2-8-4-6-10-9-5-3-7/h2-6H2,1H3. The SMILES string of the molecule is CCOCCSSCCCl. The van der Waals surface area contributed by atoms with Crippen molar-refractivity contribution in [3.63, 3.8) is 0 Å². The molecule has 10 heavy (non-hydrogen) atoms. The zero-order valence-electron chi connectivity index (χ0n) is 6.14. The maximum Gasteiger partial charge on any atom is 0.0564 e. The summed E-state index contributed by atoms with van der Waals surface area (Å²) in [6, 6.07) is 0. The minimum Gasteiger partial charge on any atom is -0.381 e. The number of hydrogen-bond donors (Lipinski definition) is 0. The highest BCUT2D eigenvalue weighted by atomic mass is 35.5. The first-order chi connectivity index (χ1) is 4.91. The molecule has 1 nitrogen and oxygen atoms in total. The zero-order chi connectivity index (χ0) is 7.66. The van der Waals surface area contributed by atoms with Gasteiger partial charge >= 0.3 is 0 Å². The molecule has 0 N–H and O–H groups in total. The van der Waals surface area contributed by atoms with Crippen LogP contribution in [0.2, 0.25) is 0 Å². The summed E-state index contributed by atoms with van der Waals surface area (Å²) in [6.07, 6.45) is 0. The highest BCUT2D eigenvalue weighted by molar-refractivity contribution is 8.76. The predicted molar refractivity (Wildman–Crippen MR) is 52.1 cm³/mol. The maximum absolute atomic E-state index is 5.48. The molecule has 0 bridgehead atoms. The molecule has 0 atom stereocenters. The van der Waals surface area contributed by atoms with E-state index in [1.807, 2.05) is 28.5 Å². The molecule has 4 heteroatoms. The average molecular weight is 201 g/mol. The van der Waals surface area contributed by atoms with Crippen molar-refractivity contribution < 1.29 is 4.74 Å². The third-order valence-corrected chi connectivity index (χ3v) is 3.54. The second kappa shape index (κ2) is 9.95. The Morgan fingerprint density at radius 2 is 2.00 bits per heavy atom. The van der Waals surface area contributed by atoms with E-state index < -0.39 is 0 Å². The van der Waals surface area contributed by atoms with Gasteiger partial charge in [0.25, 0.3) is 0 Å². The van der Waals surface area contributed by atoms with Crippen LogP contribution in [0.4, 0.5) is 0 Å². The van der Waals surface area contributed by atoms with Crippen molar-refractivity contribution in [2.24, 2.45) is 0 Å². The molecule has 0 aromatic carbocycles. The van der Waals surface area contributed by atoms with Crippen LogP contribution >= 0.6 is 33.2 Å². The van der Waals surface area contributed by atoms with Gasteiger partial charge in [-0.15, -0.1) is 11.6 Å². The van der Waals surface area contributed by atoms with E-state index in [9.17, 15) is 0 Å². The fourth-order valence-electron chi connectivity index (χ4n) is 0.387. The molecular weight excluding hydrogens is 188 g/mol. The molecule has 0 heterocycles. The summed E-state index contributed by atoms with van der Waals surface area (Å²) in [5, 5.41) is 0. The van der Waals surface area contributed by atoms with Gasteiger partial charge in [0.15, 0.2) is 0 Å². The maximum atomic E-state index is 5.48. The number of halogens is 1. The fraction of sp³-hybridized carbons (Fsp3) is 1.00. The summed E-state index contributed by atoms with van der Waals surface area (Å²) >= 11 is 5.48. The molecule has 0 amide bonds. The summed E-state index contributed by atoms with van der Waals surface area (Å²) in [6.45, 7) is 3.69. The number of hydrogen-bond acceptors (Lipinski definition) is 3. The average Bonchev–Trinajstić information content (AvgIpc) is 1.97. The van der Waals surface area contributed by atoms with Crippen molar-refractivity contribution in [3.05, 3.63) is 0 Å². The van der Waals surface area contributed by atoms with E-state index >= 15 is 0 Å². The lowest BCUT2D eigenvalue weighted by molar-refractivity contribution is 0.165. The Morgan fingerprint density at radius 3 is 2.60 bits per heavy atom. The normalized spacial score (nSPS) is 10.2. The van der Waals surface area contributed by atoms with Gasteiger partial charge in [-0.2, -0.15) is 0 Å². The van der Waals surface area contributed by atoms with Crippen LogP contribution in [0.1, 0.15) is 6.92 Å². The Balaban J connectivity index is 2.65. The van der Waals surface area contributed by atoms with Gasteiger partial charge < -0.3 is 4.74 Å². The van der Waals surface area contributed by atoms with Crippen molar-refractivity contribution in [2.75, 3.05) is 30.6 Å². The van der Waals surface area contributed by atoms with Gasteiger partial charge in [0.05, 0.1) is 6.61 Å². The van der Waals surface area contributed by atoms with E-state index in [1.54, 1.807) is 0 Å². The third kappa shape index (κ3) is 8.95. The van der Waals surface area contributed by atoms with Gasteiger partial charge in [-0.25, -0.2) is 0 Å². The zero-order valence-corrected chi connectivity index (χ0v) is 8.53. The largest absolute Gasteiger partial charge is 0.381 e. The molecule has 0 aromatic heterocycles. The molecule has 0 fully saturated rings. The van der Waals surface area contributed by atoms with Crippen LogP contribution < -0.4 is 0 Å². The Morgan fingerprint density at radius 1 is 1.30 bits per heavy atom. The van der Waals surface area contributed by atoms with E-state index in [1.165, 1.54) is 0 Å². The second-order valence-corrected chi connectivity index (χ2v) is 4.61. The molecule has 0 rings (SSSR count). The van der Waals surface area contributed by atoms with Crippen LogP contribution in [0.25, 0.3) is 0 Å². The summed E-state index contributed by atoms with van der Waals surface area (Å²) in [4.78, 5) is 0. The van der Waals surface area contributed by atoms with Gasteiger partial charge in [0.2, 0.25) is 0 Å². The second-order valence-electron chi connectivity index (χ2n) is 1.53. The summed E-state index contributed by atoms with van der Waals surface area (Å²) < 4.78 is 5.15. The minimum absolute atomic E-state index is 0.742. The predicted octanol–water partition coefficient (Wildman–Crippen LogP) is 2.64. The summed E-state index contributed by atoms with van der Waals surface area (Å²) in [7, 11) is 3.63. The Labute approximate surface area is 75.6 Å². The molecule has 0 aliphatic carbocycles. The van der Waals surface area contributed by atoms with Crippen LogP contribution in [0.3, 0.4) is 0 Å². The van der Waals surface area contributed by atoms with E-state index in [-0.39, 0.29) is 0 Å². The van der Waals surface area contributed by atoms with E-state index in [4.69, 9.17) is 16.3 Å². The van der Waals surface area contributed by atoms with Gasteiger partial charge in [-0.3, -0.25) is 0 Å². The van der Waals surface area contributed by atoms with Crippen molar-refractivity contribution >= 4 is 33.2 Å². The molecule has 0 aliphatic heterocycles. The van der Waals surface area contributed by atoms with Gasteiger partial charge in [-0.05, 0) is 6.92 Å². The van der Waals surface area contributed by atoms with E-state index in [2.05, 4.69) is 0 Å². The highest BCUT2D eigenvalue weighted by Gasteiger charge is 1.88. The van der Waals surface area contributed by atoms with E-state index in [0.717, 1.165) is 30.6 Å². The molecule has 62 valence electrons. The van der Waals surface area contributed by atoms with Crippen LogP contribution in [-0.4, -0.2) is 30.6 Å². The molecule has 0 unspecified atom stereocenters. The quantitative estimate of drug-likeness (QED) is 0.355. The molecule has 0 radical (unpaired) electrons. The van der Waals surface area contributed by atoms with Gasteiger partial charge in [-0.1, -0.05) is 21.6 Å². The first kappa shape index (κ1) is 11.0. The Kier molecular flexibility index (Phi) is 10.9. The fourth-order valence-corrected chi connectivity index (χ4v) is 2.54. The molecule has 0 saturated carbocycles. The van der Waals surface area contributed by atoms with Crippen molar-refractivity contribution in [2.45, 2.75) is 6.92 Å². The Bertz CT molecular complexity index is 55.7. The lowest BCUT2D eigenvalue weighted by Crippen LogP contribution is -1.94. The number of ether oxygens (including phenoxy) is 1. The highest BCUT2D eigenvalue weighted by Crippen LogP contribution is 2.20. The summed E-state index contributed by atoms with van der Waals surface area (Å²) in [5.41, 5.74) is 0. The lowest BCUT2D eigenvalue weighted by Gasteiger charge is -1.98. The molecule has 0 aliphatic rings.